The van der Waals surface area contributed by atoms with Crippen molar-refractivity contribution in [1.82, 2.24) is 14.9 Å². The van der Waals surface area contributed by atoms with Crippen LogP contribution in [0.15, 0.2) is 18.2 Å². The summed E-state index contributed by atoms with van der Waals surface area (Å²) in [6.07, 6.45) is 0. The third-order valence-corrected chi connectivity index (χ3v) is 3.02. The monoisotopic (exact) mass is 247 g/mol. The number of rotatable bonds is 5. The third-order valence-electron chi connectivity index (χ3n) is 3.02. The zero-order chi connectivity index (χ0) is 13.1. The minimum absolute atomic E-state index is 0.653. The van der Waals surface area contributed by atoms with E-state index in [1.54, 1.807) is 7.11 Å². The van der Waals surface area contributed by atoms with E-state index in [-0.39, 0.29) is 0 Å². The van der Waals surface area contributed by atoms with Gasteiger partial charge in [0.25, 0.3) is 0 Å². The van der Waals surface area contributed by atoms with Crippen LogP contribution in [0.4, 0.5) is 0 Å². The number of methoxy groups -OCH3 is 1. The second-order valence-electron chi connectivity index (χ2n) is 4.97. The minimum atomic E-state index is 0.653. The fourth-order valence-corrected chi connectivity index (χ4v) is 1.99. The number of benzene rings is 1. The molecule has 98 valence electrons. The summed E-state index contributed by atoms with van der Waals surface area (Å²) in [4.78, 5) is 4.64. The lowest BCUT2D eigenvalue weighted by atomic mass is 10.2. The van der Waals surface area contributed by atoms with Gasteiger partial charge < -0.3 is 14.6 Å². The first-order valence-corrected chi connectivity index (χ1v) is 6.32. The largest absolute Gasteiger partial charge is 0.497 e. The average Bonchev–Trinajstić information content (AvgIpc) is 2.65. The highest BCUT2D eigenvalue weighted by molar-refractivity contribution is 5.77. The van der Waals surface area contributed by atoms with Gasteiger partial charge >= 0.3 is 0 Å². The van der Waals surface area contributed by atoms with E-state index in [1.807, 2.05) is 25.2 Å². The van der Waals surface area contributed by atoms with Gasteiger partial charge in [0.1, 0.15) is 11.6 Å². The number of aryl methyl sites for hydroxylation is 1. The summed E-state index contributed by atoms with van der Waals surface area (Å²) < 4.78 is 7.35. The molecule has 0 aliphatic rings. The number of aromatic nitrogens is 2. The lowest BCUT2D eigenvalue weighted by Gasteiger charge is -2.07. The van der Waals surface area contributed by atoms with E-state index in [1.165, 1.54) is 0 Å². The molecule has 0 unspecified atom stereocenters. The molecule has 0 saturated heterocycles. The molecule has 18 heavy (non-hydrogen) atoms. The Morgan fingerprint density at radius 3 is 2.83 bits per heavy atom. The Kier molecular flexibility index (Phi) is 3.87. The highest BCUT2D eigenvalue weighted by Gasteiger charge is 2.08. The number of nitrogens with zero attached hydrogens (tertiary/aromatic N) is 2. The smallest absolute Gasteiger partial charge is 0.123 e. The van der Waals surface area contributed by atoms with Gasteiger partial charge in [-0.2, -0.15) is 0 Å². The Balaban J connectivity index is 2.21. The summed E-state index contributed by atoms with van der Waals surface area (Å²) in [7, 11) is 3.73. The number of imidazole rings is 1. The first kappa shape index (κ1) is 12.9. The second kappa shape index (κ2) is 5.40. The van der Waals surface area contributed by atoms with E-state index in [0.717, 1.165) is 35.7 Å². The molecular weight excluding hydrogens is 226 g/mol. The number of hydrogen-bond acceptors (Lipinski definition) is 3. The Bertz CT molecular complexity index is 531. The van der Waals surface area contributed by atoms with E-state index in [4.69, 9.17) is 4.74 Å². The summed E-state index contributed by atoms with van der Waals surface area (Å²) in [5.41, 5.74) is 2.12. The van der Waals surface area contributed by atoms with E-state index < -0.39 is 0 Å². The summed E-state index contributed by atoms with van der Waals surface area (Å²) in [5.74, 6) is 2.56. The number of ether oxygens (including phenoxy) is 1. The maximum atomic E-state index is 5.22. The van der Waals surface area contributed by atoms with Crippen molar-refractivity contribution in [2.24, 2.45) is 13.0 Å². The molecule has 0 aliphatic carbocycles. The third kappa shape index (κ3) is 2.64. The number of hydrogen-bond donors (Lipinski definition) is 1. The molecular formula is C14H21N3O. The first-order chi connectivity index (χ1) is 8.61. The lowest BCUT2D eigenvalue weighted by Crippen LogP contribution is -2.20. The summed E-state index contributed by atoms with van der Waals surface area (Å²) in [5, 5.41) is 3.42. The quantitative estimate of drug-likeness (QED) is 0.881. The lowest BCUT2D eigenvalue weighted by molar-refractivity contribution is 0.415. The molecule has 0 spiro atoms. The van der Waals surface area contributed by atoms with Crippen LogP contribution in [0.2, 0.25) is 0 Å². The van der Waals surface area contributed by atoms with Crippen LogP contribution in [0.5, 0.6) is 5.75 Å². The summed E-state index contributed by atoms with van der Waals surface area (Å²) >= 11 is 0. The van der Waals surface area contributed by atoms with E-state index in [9.17, 15) is 0 Å². The van der Waals surface area contributed by atoms with Crippen molar-refractivity contribution in [3.05, 3.63) is 24.0 Å². The van der Waals surface area contributed by atoms with Crippen molar-refractivity contribution >= 4 is 11.0 Å². The Hall–Kier alpha value is -1.55. The molecule has 1 aromatic heterocycles. The van der Waals surface area contributed by atoms with Crippen molar-refractivity contribution in [3.63, 3.8) is 0 Å². The highest BCUT2D eigenvalue weighted by atomic mass is 16.5. The van der Waals surface area contributed by atoms with Gasteiger partial charge in [-0.15, -0.1) is 0 Å². The minimum Gasteiger partial charge on any atom is -0.497 e. The van der Waals surface area contributed by atoms with Crippen molar-refractivity contribution in [2.75, 3.05) is 13.7 Å². The van der Waals surface area contributed by atoms with Crippen LogP contribution in [0.3, 0.4) is 0 Å². The molecule has 0 bridgehead atoms. The summed E-state index contributed by atoms with van der Waals surface area (Å²) in [6, 6.07) is 5.99. The van der Waals surface area contributed by atoms with E-state index in [0.29, 0.717) is 5.92 Å². The number of fused-ring (bicyclic) bond motifs is 1. The van der Waals surface area contributed by atoms with Crippen LogP contribution in [-0.4, -0.2) is 23.2 Å². The van der Waals surface area contributed by atoms with E-state index >= 15 is 0 Å². The Labute approximate surface area is 108 Å². The fraction of sp³-hybridized carbons (Fsp3) is 0.500. The molecule has 1 heterocycles. The molecule has 0 atom stereocenters. The molecule has 2 rings (SSSR count). The van der Waals surface area contributed by atoms with Gasteiger partial charge in [0, 0.05) is 13.1 Å². The SMILES string of the molecule is COc1ccc2c(c1)nc(CNCC(C)C)n2C. The zero-order valence-corrected chi connectivity index (χ0v) is 11.5. The van der Waals surface area contributed by atoms with Gasteiger partial charge in [-0.25, -0.2) is 4.98 Å². The molecule has 1 N–H and O–H groups in total. The Morgan fingerprint density at radius 1 is 1.39 bits per heavy atom. The van der Waals surface area contributed by atoms with Gasteiger partial charge in [0.2, 0.25) is 0 Å². The summed E-state index contributed by atoms with van der Waals surface area (Å²) in [6.45, 7) is 6.21. The van der Waals surface area contributed by atoms with Crippen LogP contribution in [0.1, 0.15) is 19.7 Å². The maximum absolute atomic E-state index is 5.22. The highest BCUT2D eigenvalue weighted by Crippen LogP contribution is 2.20. The molecule has 0 saturated carbocycles. The molecule has 0 radical (unpaired) electrons. The van der Waals surface area contributed by atoms with Gasteiger partial charge in [0.05, 0.1) is 24.7 Å². The molecule has 0 aliphatic heterocycles. The molecule has 4 heteroatoms. The Morgan fingerprint density at radius 2 is 2.17 bits per heavy atom. The molecule has 0 amide bonds. The van der Waals surface area contributed by atoms with Gasteiger partial charge in [0.15, 0.2) is 0 Å². The van der Waals surface area contributed by atoms with Crippen molar-refractivity contribution in [1.29, 1.82) is 0 Å². The predicted octanol–water partition coefficient (Wildman–Crippen LogP) is 2.33. The van der Waals surface area contributed by atoms with Gasteiger partial charge in [-0.3, -0.25) is 0 Å². The standard InChI is InChI=1S/C14H21N3O/c1-10(2)8-15-9-14-16-12-7-11(18-4)5-6-13(12)17(14)3/h5-7,10,15H,8-9H2,1-4H3. The zero-order valence-electron chi connectivity index (χ0n) is 11.5. The molecule has 4 nitrogen and oxygen atoms in total. The van der Waals surface area contributed by atoms with Crippen LogP contribution in [0, 0.1) is 5.92 Å². The van der Waals surface area contributed by atoms with Crippen LogP contribution >= 0.6 is 0 Å². The van der Waals surface area contributed by atoms with Crippen molar-refractivity contribution < 1.29 is 4.74 Å². The van der Waals surface area contributed by atoms with Gasteiger partial charge in [-0.05, 0) is 24.6 Å². The number of nitrogens with one attached hydrogen (secondary N) is 1. The topological polar surface area (TPSA) is 39.1 Å². The van der Waals surface area contributed by atoms with E-state index in [2.05, 4.69) is 28.7 Å². The average molecular weight is 247 g/mol. The predicted molar refractivity (Wildman–Crippen MR) is 73.8 cm³/mol. The fourth-order valence-electron chi connectivity index (χ4n) is 1.99. The van der Waals surface area contributed by atoms with Crippen LogP contribution < -0.4 is 10.1 Å². The van der Waals surface area contributed by atoms with Crippen LogP contribution in [0.25, 0.3) is 11.0 Å². The molecule has 0 fully saturated rings. The van der Waals surface area contributed by atoms with Gasteiger partial charge in [-0.1, -0.05) is 13.8 Å². The first-order valence-electron chi connectivity index (χ1n) is 6.32. The normalized spacial score (nSPS) is 11.4. The molecule has 1 aromatic carbocycles. The van der Waals surface area contributed by atoms with Crippen molar-refractivity contribution in [3.8, 4) is 5.75 Å². The second-order valence-corrected chi connectivity index (χ2v) is 4.97. The van der Waals surface area contributed by atoms with Crippen molar-refractivity contribution in [2.45, 2.75) is 20.4 Å². The maximum Gasteiger partial charge on any atom is 0.123 e. The molecule has 2 aromatic rings. The van der Waals surface area contributed by atoms with Crippen LogP contribution in [-0.2, 0) is 13.6 Å².